The van der Waals surface area contributed by atoms with E-state index in [1.807, 2.05) is 0 Å². The Balaban J connectivity index is 1.32. The molecular weight excluding hydrogens is 519 g/mol. The summed E-state index contributed by atoms with van der Waals surface area (Å²) in [7, 11) is 0. The zero-order valence-electron chi connectivity index (χ0n) is 20.8. The van der Waals surface area contributed by atoms with Crippen LogP contribution in [0, 0.1) is 0 Å². The van der Waals surface area contributed by atoms with Crippen LogP contribution in [-0.2, 0) is 28.4 Å². The second-order valence-corrected chi connectivity index (χ2v) is 27.8. The van der Waals surface area contributed by atoms with E-state index in [1.54, 1.807) is 0 Å². The predicted octanol–water partition coefficient (Wildman–Crippen LogP) is 10.5. The Hall–Kier alpha value is 1.96. The van der Waals surface area contributed by atoms with Gasteiger partial charge in [0.2, 0.25) is 0 Å². The molecule has 0 heterocycles. The van der Waals surface area contributed by atoms with Gasteiger partial charge >= 0.3 is 0 Å². The van der Waals surface area contributed by atoms with Crippen LogP contribution in [0.4, 0.5) is 0 Å². The first kappa shape index (κ1) is 28.0. The van der Waals surface area contributed by atoms with E-state index in [4.69, 9.17) is 28.4 Å². The quantitative estimate of drug-likeness (QED) is 0.147. The average Bonchev–Trinajstić information content (AvgIpc) is 2.90. The third-order valence-corrected chi connectivity index (χ3v) is 28.6. The third kappa shape index (κ3) is 7.51. The molecule has 0 radical (unpaired) electrons. The summed E-state index contributed by atoms with van der Waals surface area (Å²) in [4.78, 5) is 0. The normalized spacial score (nSPS) is 25.9. The molecule has 4 fully saturated rings. The van der Waals surface area contributed by atoms with E-state index in [9.17, 15) is 0 Å². The molecule has 0 bridgehead atoms. The van der Waals surface area contributed by atoms with Crippen LogP contribution < -0.4 is 0 Å². The molecule has 0 saturated heterocycles. The summed E-state index contributed by atoms with van der Waals surface area (Å²) >= 11 is 17.5. The molecule has 0 aromatic carbocycles. The molecule has 0 aromatic rings. The van der Waals surface area contributed by atoms with Gasteiger partial charge < -0.3 is 4.74 Å². The van der Waals surface area contributed by atoms with Gasteiger partial charge in [0, 0.05) is 10.5 Å². The van der Waals surface area contributed by atoms with Crippen molar-refractivity contribution in [3.8, 4) is 0 Å². The van der Waals surface area contributed by atoms with Crippen molar-refractivity contribution in [2.45, 2.75) is 151 Å². The molecule has 0 spiro atoms. The Bertz CT molecular complexity index is 563. The fourth-order valence-electron chi connectivity index (χ4n) is 7.05. The van der Waals surface area contributed by atoms with Crippen LogP contribution in [0.15, 0.2) is 0 Å². The zero-order chi connectivity index (χ0) is 23.0. The lowest BCUT2D eigenvalue weighted by molar-refractivity contribution is 0.242. The van der Waals surface area contributed by atoms with E-state index in [0.717, 1.165) is 34.5 Å². The molecule has 0 amide bonds. The SMILES string of the molecule is S=P(SCOCSP(=S)(C1CCCCC1)C1CCCCC1)(C1CCCCC1)C1CCCCC1. The van der Waals surface area contributed by atoms with Crippen molar-refractivity contribution in [2.24, 2.45) is 0 Å². The molecule has 192 valence electrons. The minimum absolute atomic E-state index is 0.834. The predicted molar refractivity (Wildman–Crippen MR) is 162 cm³/mol. The van der Waals surface area contributed by atoms with Crippen LogP contribution in [0.3, 0.4) is 0 Å². The summed E-state index contributed by atoms with van der Waals surface area (Å²) in [6, 6.07) is 0. The van der Waals surface area contributed by atoms with E-state index in [1.165, 1.54) is 128 Å². The standard InChI is InChI=1S/C26H48OP2S4/c30-28(23-13-5-1-6-14-23,24-15-7-2-8-16-24)32-21-27-22-33-29(31,25-17-9-3-10-18-25)26-19-11-4-12-20-26/h23-26H,1-22H2. The van der Waals surface area contributed by atoms with Gasteiger partial charge in [-0.15, -0.1) is 0 Å². The highest BCUT2D eigenvalue weighted by Crippen LogP contribution is 2.73. The van der Waals surface area contributed by atoms with Crippen LogP contribution in [0.5, 0.6) is 0 Å². The topological polar surface area (TPSA) is 9.23 Å². The number of hydrogen-bond donors (Lipinski definition) is 0. The first-order valence-electron chi connectivity index (χ1n) is 14.2. The highest BCUT2D eigenvalue weighted by atomic mass is 32.9. The molecule has 0 aliphatic heterocycles. The van der Waals surface area contributed by atoms with Gasteiger partial charge in [0.1, 0.15) is 0 Å². The van der Waals surface area contributed by atoms with Crippen LogP contribution in [0.25, 0.3) is 0 Å². The van der Waals surface area contributed by atoms with E-state index < -0.39 is 10.5 Å². The fourth-order valence-corrected chi connectivity index (χ4v) is 24.0. The van der Waals surface area contributed by atoms with Gasteiger partial charge in [0.05, 0.1) is 11.9 Å². The fraction of sp³-hybridized carbons (Fsp3) is 1.00. The van der Waals surface area contributed by atoms with Crippen molar-refractivity contribution in [1.29, 1.82) is 0 Å². The maximum absolute atomic E-state index is 6.64. The third-order valence-electron chi connectivity index (χ3n) is 9.01. The lowest BCUT2D eigenvalue weighted by atomic mass is 10.00. The smallest absolute Gasteiger partial charge is 0.0980 e. The van der Waals surface area contributed by atoms with Crippen LogP contribution in [-0.4, -0.2) is 34.5 Å². The van der Waals surface area contributed by atoms with Crippen LogP contribution in [0.1, 0.15) is 128 Å². The van der Waals surface area contributed by atoms with E-state index in [0.29, 0.717) is 0 Å². The van der Waals surface area contributed by atoms with Gasteiger partial charge in [-0.1, -0.05) is 123 Å². The maximum Gasteiger partial charge on any atom is 0.0980 e. The number of rotatable bonds is 10. The molecule has 33 heavy (non-hydrogen) atoms. The number of hydrogen-bond acceptors (Lipinski definition) is 5. The van der Waals surface area contributed by atoms with Gasteiger partial charge in [0.25, 0.3) is 0 Å². The van der Waals surface area contributed by atoms with Gasteiger partial charge in [-0.05, 0) is 74.0 Å². The molecule has 4 aliphatic rings. The molecule has 0 atom stereocenters. The lowest BCUT2D eigenvalue weighted by Gasteiger charge is -2.41. The van der Waals surface area contributed by atoms with E-state index in [2.05, 4.69) is 22.8 Å². The molecule has 4 aliphatic carbocycles. The van der Waals surface area contributed by atoms with Crippen LogP contribution >= 0.6 is 33.2 Å². The van der Waals surface area contributed by atoms with Crippen molar-refractivity contribution >= 4 is 56.9 Å². The highest BCUT2D eigenvalue weighted by molar-refractivity contribution is 8.71. The van der Waals surface area contributed by atoms with Crippen molar-refractivity contribution in [2.75, 3.05) is 11.9 Å². The Labute approximate surface area is 223 Å². The van der Waals surface area contributed by atoms with Gasteiger partial charge in [-0.2, -0.15) is 0 Å². The molecule has 0 aromatic heterocycles. The second-order valence-electron chi connectivity index (χ2n) is 11.2. The molecule has 0 unspecified atom stereocenters. The van der Waals surface area contributed by atoms with Crippen molar-refractivity contribution < 1.29 is 4.74 Å². The summed E-state index contributed by atoms with van der Waals surface area (Å²) in [6.45, 7) is 0. The van der Waals surface area contributed by atoms with Crippen LogP contribution in [0.2, 0.25) is 0 Å². The largest absolute Gasteiger partial charge is 0.360 e. The monoisotopic (exact) mass is 566 g/mol. The van der Waals surface area contributed by atoms with Gasteiger partial charge in [0.15, 0.2) is 0 Å². The van der Waals surface area contributed by atoms with Crippen molar-refractivity contribution in [3.63, 3.8) is 0 Å². The minimum Gasteiger partial charge on any atom is -0.360 e. The van der Waals surface area contributed by atoms with E-state index in [-0.39, 0.29) is 0 Å². The average molecular weight is 567 g/mol. The van der Waals surface area contributed by atoms with Crippen molar-refractivity contribution in [3.05, 3.63) is 0 Å². The minimum atomic E-state index is -1.41. The van der Waals surface area contributed by atoms with Crippen molar-refractivity contribution in [1.82, 2.24) is 0 Å². The number of ether oxygens (including phenoxy) is 1. The molecule has 4 rings (SSSR count). The summed E-state index contributed by atoms with van der Waals surface area (Å²) in [6.07, 6.45) is 28.3. The van der Waals surface area contributed by atoms with Gasteiger partial charge in [-0.25, -0.2) is 0 Å². The second kappa shape index (κ2) is 14.2. The Morgan fingerprint density at radius 1 is 0.455 bits per heavy atom. The summed E-state index contributed by atoms with van der Waals surface area (Å²) in [5.74, 6) is 1.67. The zero-order valence-corrected chi connectivity index (χ0v) is 25.9. The molecule has 1 nitrogen and oxygen atoms in total. The Kier molecular flexibility index (Phi) is 12.0. The highest BCUT2D eigenvalue weighted by Gasteiger charge is 2.39. The molecular formula is C26H48OP2S4. The van der Waals surface area contributed by atoms with Gasteiger partial charge in [-0.3, -0.25) is 0 Å². The lowest BCUT2D eigenvalue weighted by Crippen LogP contribution is -2.22. The summed E-state index contributed by atoms with van der Waals surface area (Å²) in [5, 5.41) is -2.81. The Morgan fingerprint density at radius 2 is 0.697 bits per heavy atom. The first-order valence-corrected chi connectivity index (χ1v) is 23.2. The summed E-state index contributed by atoms with van der Waals surface area (Å²) < 4.78 is 6.44. The molecule has 0 N–H and O–H groups in total. The summed E-state index contributed by atoms with van der Waals surface area (Å²) in [5.41, 5.74) is 3.34. The molecule has 7 heteroatoms. The first-order chi connectivity index (χ1) is 16.1. The maximum atomic E-state index is 6.64. The molecule has 4 saturated carbocycles. The van der Waals surface area contributed by atoms with E-state index >= 15 is 0 Å². The Morgan fingerprint density at radius 3 is 0.939 bits per heavy atom.